The monoisotopic (exact) mass is 282 g/mol. The van der Waals surface area contributed by atoms with Gasteiger partial charge in [-0.3, -0.25) is 9.89 Å². The van der Waals surface area contributed by atoms with E-state index in [2.05, 4.69) is 15.4 Å². The first kappa shape index (κ1) is 15.1. The molecular formula is C14H26N4O2. The van der Waals surface area contributed by atoms with E-state index in [1.54, 1.807) is 4.90 Å². The summed E-state index contributed by atoms with van der Waals surface area (Å²) in [6.45, 7) is 9.51. The zero-order valence-corrected chi connectivity index (χ0v) is 12.8. The predicted octanol–water partition coefficient (Wildman–Crippen LogP) is 1.63. The SMILES string of the molecule is CC(C)(C)OC(=O)N1CCN=C(NN2CCCCC2)C1. The van der Waals surface area contributed by atoms with Gasteiger partial charge in [0.05, 0.1) is 13.1 Å². The molecule has 0 bridgehead atoms. The quantitative estimate of drug-likeness (QED) is 0.794. The van der Waals surface area contributed by atoms with Gasteiger partial charge in [-0.05, 0) is 33.6 Å². The molecule has 2 heterocycles. The van der Waals surface area contributed by atoms with Gasteiger partial charge in [0, 0.05) is 19.6 Å². The van der Waals surface area contributed by atoms with Crippen molar-refractivity contribution in [3.05, 3.63) is 0 Å². The van der Waals surface area contributed by atoms with Crippen molar-refractivity contribution in [2.45, 2.75) is 45.6 Å². The standard InChI is InChI=1S/C14H26N4O2/c1-14(2,3)20-13(19)17-10-7-15-12(11-17)16-18-8-5-4-6-9-18/h4-11H2,1-3H3,(H,15,16). The van der Waals surface area contributed by atoms with Crippen molar-refractivity contribution in [1.29, 1.82) is 0 Å². The van der Waals surface area contributed by atoms with E-state index in [1.165, 1.54) is 19.3 Å². The number of piperidine rings is 1. The number of aliphatic imine (C=N–C) groups is 1. The van der Waals surface area contributed by atoms with Gasteiger partial charge in [0.1, 0.15) is 11.4 Å². The van der Waals surface area contributed by atoms with Gasteiger partial charge < -0.3 is 10.2 Å². The first-order valence-corrected chi connectivity index (χ1v) is 7.47. The van der Waals surface area contributed by atoms with Crippen LogP contribution in [0.2, 0.25) is 0 Å². The maximum atomic E-state index is 12.1. The molecule has 2 aliphatic rings. The van der Waals surface area contributed by atoms with Crippen LogP contribution in [0.25, 0.3) is 0 Å². The Morgan fingerprint density at radius 3 is 2.55 bits per heavy atom. The second-order valence-electron chi connectivity index (χ2n) is 6.39. The summed E-state index contributed by atoms with van der Waals surface area (Å²) in [5.41, 5.74) is 2.89. The van der Waals surface area contributed by atoms with Gasteiger partial charge >= 0.3 is 6.09 Å². The molecule has 0 radical (unpaired) electrons. The number of amides is 1. The molecule has 1 fully saturated rings. The lowest BCUT2D eigenvalue weighted by Crippen LogP contribution is -2.52. The summed E-state index contributed by atoms with van der Waals surface area (Å²) < 4.78 is 5.41. The molecule has 0 unspecified atom stereocenters. The summed E-state index contributed by atoms with van der Waals surface area (Å²) in [6.07, 6.45) is 3.48. The number of carbonyl (C=O) groups excluding carboxylic acids is 1. The first-order chi connectivity index (χ1) is 9.44. The van der Waals surface area contributed by atoms with E-state index in [0.717, 1.165) is 18.9 Å². The number of carbonyl (C=O) groups is 1. The first-order valence-electron chi connectivity index (χ1n) is 7.47. The lowest BCUT2D eigenvalue weighted by molar-refractivity contribution is 0.0273. The summed E-state index contributed by atoms with van der Waals surface area (Å²) >= 11 is 0. The highest BCUT2D eigenvalue weighted by molar-refractivity contribution is 5.87. The molecule has 0 aromatic heterocycles. The molecule has 20 heavy (non-hydrogen) atoms. The molecule has 0 aromatic carbocycles. The fourth-order valence-corrected chi connectivity index (χ4v) is 2.36. The van der Waals surface area contributed by atoms with Gasteiger partial charge in [-0.1, -0.05) is 6.42 Å². The van der Waals surface area contributed by atoms with Crippen LogP contribution in [0, 0.1) is 0 Å². The van der Waals surface area contributed by atoms with Crippen LogP contribution in [0.1, 0.15) is 40.0 Å². The highest BCUT2D eigenvalue weighted by Crippen LogP contribution is 2.11. The number of hydrogen-bond acceptors (Lipinski definition) is 5. The van der Waals surface area contributed by atoms with E-state index in [-0.39, 0.29) is 6.09 Å². The molecule has 6 nitrogen and oxygen atoms in total. The molecule has 114 valence electrons. The molecule has 0 saturated carbocycles. The topological polar surface area (TPSA) is 57.2 Å². The van der Waals surface area contributed by atoms with E-state index >= 15 is 0 Å². The molecule has 0 spiro atoms. The van der Waals surface area contributed by atoms with Crippen molar-refractivity contribution in [2.75, 3.05) is 32.7 Å². The number of nitrogens with zero attached hydrogens (tertiary/aromatic N) is 3. The van der Waals surface area contributed by atoms with E-state index < -0.39 is 5.60 Å². The second-order valence-corrected chi connectivity index (χ2v) is 6.39. The Balaban J connectivity index is 1.84. The van der Waals surface area contributed by atoms with Crippen LogP contribution in [0.3, 0.4) is 0 Å². The van der Waals surface area contributed by atoms with E-state index in [4.69, 9.17) is 4.74 Å². The average molecular weight is 282 g/mol. The average Bonchev–Trinajstić information content (AvgIpc) is 2.38. The minimum Gasteiger partial charge on any atom is -0.444 e. The summed E-state index contributed by atoms with van der Waals surface area (Å²) in [4.78, 5) is 18.2. The number of ether oxygens (including phenoxy) is 1. The molecule has 0 aromatic rings. The summed E-state index contributed by atoms with van der Waals surface area (Å²) in [5, 5.41) is 2.20. The third kappa shape index (κ3) is 4.67. The maximum absolute atomic E-state index is 12.1. The van der Waals surface area contributed by atoms with Crippen LogP contribution in [-0.4, -0.2) is 60.2 Å². The van der Waals surface area contributed by atoms with Crippen LogP contribution >= 0.6 is 0 Å². The molecule has 1 saturated heterocycles. The van der Waals surface area contributed by atoms with Gasteiger partial charge in [0.15, 0.2) is 0 Å². The Bertz CT molecular complexity index is 370. The minimum atomic E-state index is -0.452. The third-order valence-electron chi connectivity index (χ3n) is 3.31. The number of nitrogens with one attached hydrogen (secondary N) is 1. The molecule has 6 heteroatoms. The van der Waals surface area contributed by atoms with Crippen LogP contribution in [-0.2, 0) is 4.74 Å². The normalized spacial score (nSPS) is 21.4. The summed E-state index contributed by atoms with van der Waals surface area (Å²) in [5.74, 6) is 0.865. The van der Waals surface area contributed by atoms with Crippen molar-refractivity contribution in [3.63, 3.8) is 0 Å². The van der Waals surface area contributed by atoms with Crippen molar-refractivity contribution in [2.24, 2.45) is 4.99 Å². The lowest BCUT2D eigenvalue weighted by Gasteiger charge is -2.33. The fraction of sp³-hybridized carbons (Fsp3) is 0.857. The van der Waals surface area contributed by atoms with Gasteiger partial charge in [-0.15, -0.1) is 0 Å². The van der Waals surface area contributed by atoms with E-state index in [1.807, 2.05) is 20.8 Å². The number of amidine groups is 1. The van der Waals surface area contributed by atoms with E-state index in [9.17, 15) is 4.79 Å². The van der Waals surface area contributed by atoms with Gasteiger partial charge in [0.2, 0.25) is 0 Å². The Morgan fingerprint density at radius 2 is 1.90 bits per heavy atom. The van der Waals surface area contributed by atoms with Crippen molar-refractivity contribution >= 4 is 11.9 Å². The Kier molecular flexibility index (Phi) is 4.86. The molecule has 0 atom stereocenters. The van der Waals surface area contributed by atoms with Crippen molar-refractivity contribution in [3.8, 4) is 0 Å². The Labute approximate surface area is 121 Å². The summed E-state index contributed by atoms with van der Waals surface area (Å²) in [6, 6.07) is 0. The fourth-order valence-electron chi connectivity index (χ4n) is 2.36. The summed E-state index contributed by atoms with van der Waals surface area (Å²) in [7, 11) is 0. The third-order valence-corrected chi connectivity index (χ3v) is 3.31. The number of hydrazine groups is 1. The minimum absolute atomic E-state index is 0.259. The predicted molar refractivity (Wildman–Crippen MR) is 78.7 cm³/mol. The zero-order chi connectivity index (χ0) is 14.6. The van der Waals surface area contributed by atoms with Gasteiger partial charge in [-0.2, -0.15) is 0 Å². The lowest BCUT2D eigenvalue weighted by atomic mass is 10.2. The van der Waals surface area contributed by atoms with Crippen LogP contribution in [0.4, 0.5) is 4.79 Å². The Hall–Kier alpha value is -1.30. The van der Waals surface area contributed by atoms with Crippen LogP contribution in [0.15, 0.2) is 4.99 Å². The molecular weight excluding hydrogens is 256 g/mol. The van der Waals surface area contributed by atoms with Crippen LogP contribution < -0.4 is 5.43 Å². The largest absolute Gasteiger partial charge is 0.444 e. The molecule has 2 rings (SSSR count). The van der Waals surface area contributed by atoms with Gasteiger partial charge in [0.25, 0.3) is 0 Å². The maximum Gasteiger partial charge on any atom is 0.410 e. The molecule has 1 N–H and O–H groups in total. The van der Waals surface area contributed by atoms with E-state index in [0.29, 0.717) is 19.6 Å². The second kappa shape index (κ2) is 6.43. The Morgan fingerprint density at radius 1 is 1.20 bits per heavy atom. The molecule has 0 aliphatic carbocycles. The molecule has 2 aliphatic heterocycles. The molecule has 1 amide bonds. The van der Waals surface area contributed by atoms with Crippen molar-refractivity contribution in [1.82, 2.24) is 15.3 Å². The highest BCUT2D eigenvalue weighted by atomic mass is 16.6. The zero-order valence-electron chi connectivity index (χ0n) is 12.8. The van der Waals surface area contributed by atoms with Crippen molar-refractivity contribution < 1.29 is 9.53 Å². The van der Waals surface area contributed by atoms with Gasteiger partial charge in [-0.25, -0.2) is 9.80 Å². The highest BCUT2D eigenvalue weighted by Gasteiger charge is 2.25. The number of hydrogen-bond donors (Lipinski definition) is 1. The number of rotatable bonds is 1. The van der Waals surface area contributed by atoms with Crippen LogP contribution in [0.5, 0.6) is 0 Å². The smallest absolute Gasteiger partial charge is 0.410 e.